The van der Waals surface area contributed by atoms with Crippen molar-refractivity contribution in [3.05, 3.63) is 64.7 Å². The summed E-state index contributed by atoms with van der Waals surface area (Å²) in [4.78, 5) is 29.9. The maximum atomic E-state index is 13.2. The molecule has 2 amide bonds. The molecule has 32 heavy (non-hydrogen) atoms. The molecule has 0 saturated carbocycles. The number of nitrogens with zero attached hydrogens (tertiary/aromatic N) is 2. The van der Waals surface area contributed by atoms with E-state index >= 15 is 0 Å². The molecule has 2 aliphatic heterocycles. The molecule has 0 aromatic heterocycles. The highest BCUT2D eigenvalue weighted by molar-refractivity contribution is 6.04. The van der Waals surface area contributed by atoms with Crippen LogP contribution in [0.3, 0.4) is 0 Å². The first-order valence-electron chi connectivity index (χ1n) is 11.0. The van der Waals surface area contributed by atoms with Gasteiger partial charge in [-0.2, -0.15) is 13.2 Å². The van der Waals surface area contributed by atoms with E-state index in [1.807, 2.05) is 11.8 Å². The topological polar surface area (TPSA) is 52.7 Å². The van der Waals surface area contributed by atoms with Crippen LogP contribution >= 0.6 is 0 Å². The van der Waals surface area contributed by atoms with Gasteiger partial charge in [-0.1, -0.05) is 24.6 Å². The van der Waals surface area contributed by atoms with Crippen molar-refractivity contribution in [1.82, 2.24) is 10.2 Å². The number of benzene rings is 2. The van der Waals surface area contributed by atoms with Crippen molar-refractivity contribution >= 4 is 17.5 Å². The Balaban J connectivity index is 1.57. The van der Waals surface area contributed by atoms with Crippen LogP contribution in [-0.4, -0.2) is 36.0 Å². The molecule has 1 saturated heterocycles. The Hall–Kier alpha value is -3.03. The van der Waals surface area contributed by atoms with Crippen LogP contribution in [0.25, 0.3) is 0 Å². The number of rotatable bonds is 4. The number of carbonyl (C=O) groups excluding carboxylic acids is 2. The summed E-state index contributed by atoms with van der Waals surface area (Å²) in [6, 6.07) is 10.1. The van der Waals surface area contributed by atoms with E-state index in [9.17, 15) is 22.8 Å². The Morgan fingerprint density at radius 2 is 1.91 bits per heavy atom. The van der Waals surface area contributed by atoms with Crippen molar-refractivity contribution < 1.29 is 22.8 Å². The monoisotopic (exact) mass is 445 g/mol. The fourth-order valence-electron chi connectivity index (χ4n) is 4.67. The van der Waals surface area contributed by atoms with Crippen molar-refractivity contribution in [2.75, 3.05) is 18.0 Å². The van der Waals surface area contributed by atoms with Gasteiger partial charge in [0.2, 0.25) is 0 Å². The Morgan fingerprint density at radius 1 is 1.12 bits per heavy atom. The molecule has 1 N–H and O–H groups in total. The van der Waals surface area contributed by atoms with E-state index in [0.29, 0.717) is 23.4 Å². The van der Waals surface area contributed by atoms with E-state index in [0.717, 1.165) is 38.3 Å². The first-order valence-corrected chi connectivity index (χ1v) is 11.0. The summed E-state index contributed by atoms with van der Waals surface area (Å²) >= 11 is 0. The largest absolute Gasteiger partial charge is 0.416 e. The zero-order chi connectivity index (χ0) is 22.9. The first-order chi connectivity index (χ1) is 15.3. The zero-order valence-corrected chi connectivity index (χ0v) is 17.9. The third kappa shape index (κ3) is 4.18. The molecular formula is C24H26F3N3O2. The van der Waals surface area contributed by atoms with Gasteiger partial charge in [-0.15, -0.1) is 0 Å². The lowest BCUT2D eigenvalue weighted by Crippen LogP contribution is -2.55. The van der Waals surface area contributed by atoms with E-state index < -0.39 is 17.6 Å². The Bertz CT molecular complexity index is 1020. The number of fused-ring (bicyclic) bond motifs is 2. The molecule has 4 rings (SSSR count). The molecular weight excluding hydrogens is 419 g/mol. The van der Waals surface area contributed by atoms with E-state index in [1.54, 1.807) is 18.2 Å². The minimum atomic E-state index is -4.49. The zero-order valence-electron chi connectivity index (χ0n) is 17.9. The van der Waals surface area contributed by atoms with E-state index in [2.05, 4.69) is 10.2 Å². The highest BCUT2D eigenvalue weighted by atomic mass is 19.4. The van der Waals surface area contributed by atoms with Gasteiger partial charge in [-0.05, 0) is 56.0 Å². The first kappa shape index (κ1) is 22.2. The maximum absolute atomic E-state index is 13.2. The average Bonchev–Trinajstić information content (AvgIpc) is 3.03. The molecule has 0 radical (unpaired) electrons. The molecule has 1 atom stereocenters. The highest BCUT2D eigenvalue weighted by Gasteiger charge is 2.37. The van der Waals surface area contributed by atoms with Gasteiger partial charge in [0.05, 0.1) is 16.8 Å². The van der Waals surface area contributed by atoms with Gasteiger partial charge in [0.1, 0.15) is 6.17 Å². The smallest absolute Gasteiger partial charge is 0.351 e. The summed E-state index contributed by atoms with van der Waals surface area (Å²) in [5.41, 5.74) is 0.835. The Morgan fingerprint density at radius 3 is 2.66 bits per heavy atom. The number of nitrogens with one attached hydrogen (secondary N) is 1. The number of halogens is 3. The van der Waals surface area contributed by atoms with Gasteiger partial charge < -0.3 is 15.1 Å². The minimum absolute atomic E-state index is 0.00534. The summed E-state index contributed by atoms with van der Waals surface area (Å²) in [5, 5.41) is 2.59. The van der Waals surface area contributed by atoms with Crippen LogP contribution in [0.15, 0.2) is 42.5 Å². The van der Waals surface area contributed by atoms with Crippen LogP contribution in [0.5, 0.6) is 0 Å². The van der Waals surface area contributed by atoms with Crippen molar-refractivity contribution in [2.24, 2.45) is 0 Å². The summed E-state index contributed by atoms with van der Waals surface area (Å²) in [6.07, 6.45) is -0.530. The maximum Gasteiger partial charge on any atom is 0.416 e. The predicted octanol–water partition coefficient (Wildman–Crippen LogP) is 4.82. The number of alkyl halides is 3. The normalized spacial score (nSPS) is 18.6. The van der Waals surface area contributed by atoms with Crippen LogP contribution in [0.2, 0.25) is 0 Å². The molecule has 0 aliphatic carbocycles. The summed E-state index contributed by atoms with van der Waals surface area (Å²) in [6.45, 7) is 3.19. The average molecular weight is 445 g/mol. The molecule has 0 spiro atoms. The number of amides is 2. The van der Waals surface area contributed by atoms with Crippen LogP contribution in [0.1, 0.15) is 64.4 Å². The standard InChI is InChI=1S/C24H26F3N3O2/c1-2-29-20-14-16(11-12-18(20)23(32)30-13-7-3-4-10-21(29)30)22(31)28-15-17-8-5-6-9-19(17)24(25,26)27/h5-6,8-9,11-12,14,21H,2-4,7,10,13,15H2,1H3,(H,28,31)/t21-/m1/s1. The van der Waals surface area contributed by atoms with Crippen LogP contribution in [0, 0.1) is 0 Å². The highest BCUT2D eigenvalue weighted by Crippen LogP contribution is 2.35. The van der Waals surface area contributed by atoms with Crippen molar-refractivity contribution in [3.8, 4) is 0 Å². The van der Waals surface area contributed by atoms with Crippen molar-refractivity contribution in [1.29, 1.82) is 0 Å². The second-order valence-corrected chi connectivity index (χ2v) is 8.18. The van der Waals surface area contributed by atoms with Gasteiger partial charge in [0, 0.05) is 25.2 Å². The van der Waals surface area contributed by atoms with Gasteiger partial charge >= 0.3 is 6.18 Å². The molecule has 2 heterocycles. The predicted molar refractivity (Wildman–Crippen MR) is 115 cm³/mol. The molecule has 2 aliphatic rings. The number of hydrogen-bond donors (Lipinski definition) is 1. The molecule has 2 aromatic carbocycles. The van der Waals surface area contributed by atoms with Gasteiger partial charge in [-0.3, -0.25) is 9.59 Å². The molecule has 1 fully saturated rings. The summed E-state index contributed by atoms with van der Waals surface area (Å²) in [7, 11) is 0. The lowest BCUT2D eigenvalue weighted by atomic mass is 10.0. The molecule has 5 nitrogen and oxygen atoms in total. The van der Waals surface area contributed by atoms with Gasteiger partial charge in [-0.25, -0.2) is 0 Å². The van der Waals surface area contributed by atoms with Gasteiger partial charge in [0.15, 0.2) is 0 Å². The second-order valence-electron chi connectivity index (χ2n) is 8.18. The van der Waals surface area contributed by atoms with Crippen molar-refractivity contribution in [2.45, 2.75) is 51.5 Å². The molecule has 2 aromatic rings. The number of carbonyl (C=O) groups is 2. The molecule has 8 heteroatoms. The number of anilines is 1. The summed E-state index contributed by atoms with van der Waals surface area (Å²) < 4.78 is 39.6. The second kappa shape index (κ2) is 8.84. The SMILES string of the molecule is CCN1c2cc(C(=O)NCc3ccccc3C(F)(F)F)ccc2C(=O)N2CCCCC[C@@H]21. The molecule has 0 bridgehead atoms. The van der Waals surface area contributed by atoms with Crippen LogP contribution in [0.4, 0.5) is 18.9 Å². The lowest BCUT2D eigenvalue weighted by Gasteiger charge is -2.44. The van der Waals surface area contributed by atoms with Crippen LogP contribution < -0.4 is 10.2 Å². The fraction of sp³-hybridized carbons (Fsp3) is 0.417. The quantitative estimate of drug-likeness (QED) is 0.734. The fourth-order valence-corrected chi connectivity index (χ4v) is 4.67. The minimum Gasteiger partial charge on any atom is -0.351 e. The third-order valence-electron chi connectivity index (χ3n) is 6.24. The van der Waals surface area contributed by atoms with Gasteiger partial charge in [0.25, 0.3) is 11.8 Å². The Labute approximate surface area is 185 Å². The van der Waals surface area contributed by atoms with Crippen LogP contribution in [-0.2, 0) is 12.7 Å². The summed E-state index contributed by atoms with van der Waals surface area (Å²) in [5.74, 6) is -0.501. The third-order valence-corrected chi connectivity index (χ3v) is 6.24. The van der Waals surface area contributed by atoms with E-state index in [-0.39, 0.29) is 24.2 Å². The lowest BCUT2D eigenvalue weighted by molar-refractivity contribution is -0.138. The van der Waals surface area contributed by atoms with E-state index in [1.165, 1.54) is 18.2 Å². The number of hydrogen-bond acceptors (Lipinski definition) is 3. The Kier molecular flexibility index (Phi) is 6.13. The van der Waals surface area contributed by atoms with E-state index in [4.69, 9.17) is 0 Å². The molecule has 0 unspecified atom stereocenters. The van der Waals surface area contributed by atoms with Crippen molar-refractivity contribution in [3.63, 3.8) is 0 Å². The molecule has 170 valence electrons.